The zero-order valence-corrected chi connectivity index (χ0v) is 15.0. The molecule has 0 bridgehead atoms. The number of nitrogens with zero attached hydrogens (tertiary/aromatic N) is 3. The third-order valence-corrected chi connectivity index (χ3v) is 6.18. The monoisotopic (exact) mass is 335 g/mol. The van der Waals surface area contributed by atoms with Gasteiger partial charge in [-0.25, -0.2) is 0 Å². The highest BCUT2D eigenvalue weighted by Crippen LogP contribution is 2.29. The second kappa shape index (κ2) is 8.95. The summed E-state index contributed by atoms with van der Waals surface area (Å²) in [5, 5.41) is 0. The van der Waals surface area contributed by atoms with Crippen LogP contribution in [0, 0.1) is 11.8 Å². The van der Waals surface area contributed by atoms with Crippen LogP contribution in [0.5, 0.6) is 0 Å². The lowest BCUT2D eigenvalue weighted by molar-refractivity contribution is -0.139. The van der Waals surface area contributed by atoms with Crippen LogP contribution in [0.4, 0.5) is 0 Å². The Hall–Kier alpha value is -0.940. The maximum atomic E-state index is 12.7. The van der Waals surface area contributed by atoms with Gasteiger partial charge in [-0.2, -0.15) is 0 Å². The van der Waals surface area contributed by atoms with E-state index in [4.69, 9.17) is 0 Å². The van der Waals surface area contributed by atoms with Crippen molar-refractivity contribution in [3.8, 4) is 0 Å². The SMILES string of the molecule is O=CC1CCC(C(=O)N2CCN(CCN3CCCCC3)CC2)CC1. The summed E-state index contributed by atoms with van der Waals surface area (Å²) in [5.74, 6) is 0.705. The largest absolute Gasteiger partial charge is 0.340 e. The van der Waals surface area contributed by atoms with E-state index in [0.717, 1.165) is 64.7 Å². The van der Waals surface area contributed by atoms with E-state index in [1.54, 1.807) is 0 Å². The minimum absolute atomic E-state index is 0.168. The molecule has 5 nitrogen and oxygen atoms in total. The van der Waals surface area contributed by atoms with Crippen LogP contribution in [0.25, 0.3) is 0 Å². The Kier molecular flexibility index (Phi) is 6.67. The summed E-state index contributed by atoms with van der Waals surface area (Å²) in [4.78, 5) is 30.7. The molecule has 0 spiro atoms. The fraction of sp³-hybridized carbons (Fsp3) is 0.895. The molecule has 2 aliphatic heterocycles. The van der Waals surface area contributed by atoms with Gasteiger partial charge in [0.2, 0.25) is 5.91 Å². The molecule has 0 aromatic rings. The number of likely N-dealkylation sites (tertiary alicyclic amines) is 1. The van der Waals surface area contributed by atoms with Crippen molar-refractivity contribution < 1.29 is 9.59 Å². The van der Waals surface area contributed by atoms with Gasteiger partial charge in [0, 0.05) is 51.1 Å². The zero-order chi connectivity index (χ0) is 16.8. The summed E-state index contributed by atoms with van der Waals surface area (Å²) in [6.45, 7) is 8.66. The van der Waals surface area contributed by atoms with Gasteiger partial charge in [-0.1, -0.05) is 6.42 Å². The number of carbonyl (C=O) groups is 2. The quantitative estimate of drug-likeness (QED) is 0.716. The highest BCUT2D eigenvalue weighted by molar-refractivity contribution is 5.79. The Bertz CT molecular complexity index is 407. The first kappa shape index (κ1) is 17.9. The van der Waals surface area contributed by atoms with E-state index in [9.17, 15) is 9.59 Å². The van der Waals surface area contributed by atoms with E-state index in [0.29, 0.717) is 5.91 Å². The summed E-state index contributed by atoms with van der Waals surface area (Å²) in [7, 11) is 0. The van der Waals surface area contributed by atoms with Gasteiger partial charge in [0.05, 0.1) is 0 Å². The third kappa shape index (κ3) is 4.79. The average Bonchev–Trinajstić information content (AvgIpc) is 2.67. The zero-order valence-electron chi connectivity index (χ0n) is 15.0. The van der Waals surface area contributed by atoms with Crippen molar-refractivity contribution in [3.63, 3.8) is 0 Å². The molecule has 136 valence electrons. The van der Waals surface area contributed by atoms with E-state index >= 15 is 0 Å². The van der Waals surface area contributed by atoms with E-state index in [2.05, 4.69) is 14.7 Å². The number of aldehydes is 1. The molecule has 3 aliphatic rings. The van der Waals surface area contributed by atoms with Crippen molar-refractivity contribution in [3.05, 3.63) is 0 Å². The number of rotatable bonds is 5. The Morgan fingerprint density at radius 1 is 0.792 bits per heavy atom. The van der Waals surface area contributed by atoms with E-state index < -0.39 is 0 Å². The lowest BCUT2D eigenvalue weighted by atomic mass is 9.82. The summed E-state index contributed by atoms with van der Waals surface area (Å²) < 4.78 is 0. The molecule has 1 amide bonds. The standard InChI is InChI=1S/C19H33N3O2/c23-16-17-4-6-18(7-5-17)19(24)22-14-12-21(13-15-22)11-10-20-8-2-1-3-9-20/h16-18H,1-15H2. The molecule has 5 heteroatoms. The molecule has 1 saturated carbocycles. The van der Waals surface area contributed by atoms with Crippen molar-refractivity contribution in [2.24, 2.45) is 11.8 Å². The van der Waals surface area contributed by atoms with Gasteiger partial charge in [0.25, 0.3) is 0 Å². The van der Waals surface area contributed by atoms with Crippen LogP contribution in [0.15, 0.2) is 0 Å². The van der Waals surface area contributed by atoms with Gasteiger partial charge in [-0.3, -0.25) is 9.69 Å². The second-order valence-corrected chi connectivity index (χ2v) is 7.82. The van der Waals surface area contributed by atoms with Crippen LogP contribution >= 0.6 is 0 Å². The van der Waals surface area contributed by atoms with Gasteiger partial charge in [0.1, 0.15) is 6.29 Å². The van der Waals surface area contributed by atoms with Crippen LogP contribution < -0.4 is 0 Å². The highest BCUT2D eigenvalue weighted by Gasteiger charge is 2.30. The van der Waals surface area contributed by atoms with Crippen molar-refractivity contribution in [2.75, 3.05) is 52.4 Å². The first-order valence-corrected chi connectivity index (χ1v) is 9.95. The normalized spacial score (nSPS) is 30.2. The van der Waals surface area contributed by atoms with Crippen molar-refractivity contribution in [1.82, 2.24) is 14.7 Å². The van der Waals surface area contributed by atoms with Gasteiger partial charge in [0.15, 0.2) is 0 Å². The number of carbonyl (C=O) groups excluding carboxylic acids is 2. The Morgan fingerprint density at radius 2 is 1.38 bits per heavy atom. The lowest BCUT2D eigenvalue weighted by Crippen LogP contribution is -2.52. The van der Waals surface area contributed by atoms with Crippen molar-refractivity contribution in [1.29, 1.82) is 0 Å². The van der Waals surface area contributed by atoms with Gasteiger partial charge in [-0.15, -0.1) is 0 Å². The predicted octanol–water partition coefficient (Wildman–Crippen LogP) is 1.62. The molecular weight excluding hydrogens is 302 g/mol. The first-order valence-electron chi connectivity index (χ1n) is 9.95. The number of piperazine rings is 1. The lowest BCUT2D eigenvalue weighted by Gasteiger charge is -2.38. The maximum absolute atomic E-state index is 12.7. The summed E-state index contributed by atoms with van der Waals surface area (Å²) >= 11 is 0. The van der Waals surface area contributed by atoms with Crippen LogP contribution in [-0.4, -0.2) is 79.3 Å². The number of amides is 1. The number of hydrogen-bond donors (Lipinski definition) is 0. The molecule has 0 aromatic carbocycles. The van der Waals surface area contributed by atoms with Crippen LogP contribution in [0.3, 0.4) is 0 Å². The van der Waals surface area contributed by atoms with Crippen LogP contribution in [-0.2, 0) is 9.59 Å². The average molecular weight is 335 g/mol. The number of piperidine rings is 1. The molecule has 0 atom stereocenters. The Balaban J connectivity index is 1.35. The second-order valence-electron chi connectivity index (χ2n) is 7.82. The highest BCUT2D eigenvalue weighted by atomic mass is 16.2. The molecule has 0 N–H and O–H groups in total. The fourth-order valence-electron chi connectivity index (χ4n) is 4.42. The molecule has 0 unspecified atom stereocenters. The van der Waals surface area contributed by atoms with E-state index in [1.165, 1.54) is 38.9 Å². The van der Waals surface area contributed by atoms with Crippen molar-refractivity contribution in [2.45, 2.75) is 44.9 Å². The molecule has 2 saturated heterocycles. The predicted molar refractivity (Wildman–Crippen MR) is 94.8 cm³/mol. The summed E-state index contributed by atoms with van der Waals surface area (Å²) in [5.41, 5.74) is 0. The van der Waals surface area contributed by atoms with Gasteiger partial charge < -0.3 is 14.6 Å². The molecule has 2 heterocycles. The maximum Gasteiger partial charge on any atom is 0.225 e. The molecule has 0 radical (unpaired) electrons. The smallest absolute Gasteiger partial charge is 0.225 e. The topological polar surface area (TPSA) is 43.9 Å². The van der Waals surface area contributed by atoms with E-state index in [1.807, 2.05) is 0 Å². The summed E-state index contributed by atoms with van der Waals surface area (Å²) in [6.07, 6.45) is 8.78. The summed E-state index contributed by atoms with van der Waals surface area (Å²) in [6, 6.07) is 0. The van der Waals surface area contributed by atoms with Gasteiger partial charge in [-0.05, 0) is 51.6 Å². The Morgan fingerprint density at radius 3 is 1.96 bits per heavy atom. The molecule has 24 heavy (non-hydrogen) atoms. The van der Waals surface area contributed by atoms with E-state index in [-0.39, 0.29) is 11.8 Å². The minimum atomic E-state index is 0.168. The van der Waals surface area contributed by atoms with Crippen LogP contribution in [0.1, 0.15) is 44.9 Å². The molecule has 3 rings (SSSR count). The number of hydrogen-bond acceptors (Lipinski definition) is 4. The molecular formula is C19H33N3O2. The molecule has 1 aliphatic carbocycles. The molecule has 0 aromatic heterocycles. The molecule has 3 fully saturated rings. The fourth-order valence-corrected chi connectivity index (χ4v) is 4.42. The first-order chi connectivity index (χ1) is 11.8. The Labute approximate surface area is 146 Å². The van der Waals surface area contributed by atoms with Crippen LogP contribution in [0.2, 0.25) is 0 Å². The third-order valence-electron chi connectivity index (χ3n) is 6.18. The van der Waals surface area contributed by atoms with Gasteiger partial charge >= 0.3 is 0 Å². The van der Waals surface area contributed by atoms with Crippen molar-refractivity contribution >= 4 is 12.2 Å². The minimum Gasteiger partial charge on any atom is -0.340 e.